The van der Waals surface area contributed by atoms with Gasteiger partial charge in [-0.15, -0.1) is 0 Å². The summed E-state index contributed by atoms with van der Waals surface area (Å²) in [4.78, 5) is 41.1. The number of imidazole rings is 1. The minimum Gasteiger partial charge on any atom is -0.460 e. The van der Waals surface area contributed by atoms with Crippen molar-refractivity contribution in [1.29, 1.82) is 0 Å². The first-order valence-corrected chi connectivity index (χ1v) is 8.75. The molecule has 0 fully saturated rings. The molecule has 0 saturated carbocycles. The lowest BCUT2D eigenvalue weighted by Gasteiger charge is -2.09. The number of hydrogen-bond donors (Lipinski definition) is 0. The van der Waals surface area contributed by atoms with Crippen LogP contribution in [-0.4, -0.2) is 31.3 Å². The van der Waals surface area contributed by atoms with Crippen molar-refractivity contribution < 1.29 is 9.53 Å². The molecule has 0 aliphatic heterocycles. The van der Waals surface area contributed by atoms with E-state index in [1.165, 1.54) is 17.9 Å². The summed E-state index contributed by atoms with van der Waals surface area (Å²) >= 11 is 0. The molecular weight excluding hydrogens is 360 g/mol. The Morgan fingerprint density at radius 1 is 1.04 bits per heavy atom. The average Bonchev–Trinajstić information content (AvgIpc) is 3.14. The van der Waals surface area contributed by atoms with Gasteiger partial charge in [0.2, 0.25) is 0 Å². The molecule has 2 aromatic heterocycles. The number of aryl methyl sites for hydroxylation is 1. The smallest absolute Gasteiger partial charge is 0.338 e. The molecular formula is C20H18N4O4. The number of aromatic nitrogens is 4. The second-order valence-electron chi connectivity index (χ2n) is 6.48. The number of ether oxygens (including phenoxy) is 1. The van der Waals surface area contributed by atoms with Crippen molar-refractivity contribution >= 4 is 27.9 Å². The predicted molar refractivity (Wildman–Crippen MR) is 104 cm³/mol. The molecule has 8 nitrogen and oxygen atoms in total. The standard InChI is InChI=1S/C20H18N4O4/c1-22-17-16(18(25)23(2)20(22)27)24(12-21-17)10-11-28-19(26)15-9-5-7-13-6-3-4-8-14(13)15/h3-9,12H,10-11H2,1-2H3. The molecule has 0 amide bonds. The van der Waals surface area contributed by atoms with E-state index in [1.54, 1.807) is 17.7 Å². The van der Waals surface area contributed by atoms with Crippen LogP contribution in [0.2, 0.25) is 0 Å². The third kappa shape index (κ3) is 2.79. The highest BCUT2D eigenvalue weighted by molar-refractivity contribution is 6.04. The van der Waals surface area contributed by atoms with Crippen LogP contribution in [0.25, 0.3) is 21.9 Å². The van der Waals surface area contributed by atoms with Crippen molar-refractivity contribution in [1.82, 2.24) is 18.7 Å². The molecule has 0 atom stereocenters. The van der Waals surface area contributed by atoms with E-state index in [4.69, 9.17) is 4.74 Å². The first kappa shape index (κ1) is 17.7. The highest BCUT2D eigenvalue weighted by Crippen LogP contribution is 2.19. The number of esters is 1. The van der Waals surface area contributed by atoms with E-state index in [-0.39, 0.29) is 13.2 Å². The summed E-state index contributed by atoms with van der Waals surface area (Å²) in [6.07, 6.45) is 1.47. The Kier molecular flexibility index (Phi) is 4.31. The predicted octanol–water partition coefficient (Wildman–Crippen LogP) is 1.44. The maximum atomic E-state index is 12.5. The molecule has 2 aromatic carbocycles. The van der Waals surface area contributed by atoms with E-state index < -0.39 is 17.2 Å². The van der Waals surface area contributed by atoms with Gasteiger partial charge in [0.05, 0.1) is 18.4 Å². The van der Waals surface area contributed by atoms with Gasteiger partial charge in [-0.25, -0.2) is 14.6 Å². The zero-order chi connectivity index (χ0) is 19.8. The van der Waals surface area contributed by atoms with Crippen LogP contribution in [0.3, 0.4) is 0 Å². The fourth-order valence-corrected chi connectivity index (χ4v) is 3.28. The van der Waals surface area contributed by atoms with E-state index in [0.717, 1.165) is 15.3 Å². The molecule has 0 radical (unpaired) electrons. The van der Waals surface area contributed by atoms with E-state index in [9.17, 15) is 14.4 Å². The van der Waals surface area contributed by atoms with E-state index in [0.29, 0.717) is 16.7 Å². The third-order valence-corrected chi connectivity index (χ3v) is 4.79. The second-order valence-corrected chi connectivity index (χ2v) is 6.48. The number of carbonyl (C=O) groups excluding carboxylic acids is 1. The third-order valence-electron chi connectivity index (χ3n) is 4.79. The van der Waals surface area contributed by atoms with Crippen molar-refractivity contribution in [2.24, 2.45) is 14.1 Å². The van der Waals surface area contributed by atoms with Crippen LogP contribution in [0.1, 0.15) is 10.4 Å². The zero-order valence-electron chi connectivity index (χ0n) is 15.5. The maximum absolute atomic E-state index is 12.5. The molecule has 0 spiro atoms. The molecule has 8 heteroatoms. The lowest BCUT2D eigenvalue weighted by Crippen LogP contribution is -2.37. The van der Waals surface area contributed by atoms with Crippen molar-refractivity contribution in [3.05, 3.63) is 75.2 Å². The van der Waals surface area contributed by atoms with Crippen LogP contribution in [-0.2, 0) is 25.4 Å². The van der Waals surface area contributed by atoms with Crippen LogP contribution < -0.4 is 11.2 Å². The molecule has 0 bridgehead atoms. The van der Waals surface area contributed by atoms with Gasteiger partial charge in [-0.05, 0) is 16.8 Å². The Bertz CT molecular complexity index is 1320. The quantitative estimate of drug-likeness (QED) is 0.502. The molecule has 0 N–H and O–H groups in total. The van der Waals surface area contributed by atoms with Gasteiger partial charge in [-0.1, -0.05) is 36.4 Å². The lowest BCUT2D eigenvalue weighted by atomic mass is 10.1. The van der Waals surface area contributed by atoms with Gasteiger partial charge in [-0.2, -0.15) is 0 Å². The Morgan fingerprint density at radius 2 is 1.79 bits per heavy atom. The summed E-state index contributed by atoms with van der Waals surface area (Å²) in [5.41, 5.74) is 0.215. The number of hydrogen-bond acceptors (Lipinski definition) is 5. The molecule has 2 heterocycles. The summed E-state index contributed by atoms with van der Waals surface area (Å²) in [7, 11) is 2.98. The van der Waals surface area contributed by atoms with Gasteiger partial charge < -0.3 is 9.30 Å². The van der Waals surface area contributed by atoms with Crippen molar-refractivity contribution in [2.75, 3.05) is 6.61 Å². The van der Waals surface area contributed by atoms with Crippen molar-refractivity contribution in [2.45, 2.75) is 6.54 Å². The van der Waals surface area contributed by atoms with Crippen LogP contribution in [0.4, 0.5) is 0 Å². The molecule has 0 saturated heterocycles. The van der Waals surface area contributed by atoms with Gasteiger partial charge in [0.25, 0.3) is 5.56 Å². The van der Waals surface area contributed by atoms with Crippen LogP contribution in [0.15, 0.2) is 58.4 Å². The monoisotopic (exact) mass is 378 g/mol. The minimum atomic E-state index is -0.440. The van der Waals surface area contributed by atoms with Gasteiger partial charge in [0, 0.05) is 14.1 Å². The minimum absolute atomic E-state index is 0.0690. The lowest BCUT2D eigenvalue weighted by molar-refractivity contribution is 0.0494. The number of benzene rings is 2. The fraction of sp³-hybridized carbons (Fsp3) is 0.200. The normalized spacial score (nSPS) is 11.2. The molecule has 142 valence electrons. The number of fused-ring (bicyclic) bond motifs is 2. The van der Waals surface area contributed by atoms with Crippen LogP contribution in [0.5, 0.6) is 0 Å². The van der Waals surface area contributed by atoms with E-state index in [2.05, 4.69) is 4.98 Å². The summed E-state index contributed by atoms with van der Waals surface area (Å²) in [6, 6.07) is 13.1. The number of carbonyl (C=O) groups is 1. The van der Waals surface area contributed by atoms with Crippen molar-refractivity contribution in [3.63, 3.8) is 0 Å². The van der Waals surface area contributed by atoms with Gasteiger partial charge in [0.1, 0.15) is 6.61 Å². The Hall–Kier alpha value is -3.68. The maximum Gasteiger partial charge on any atom is 0.338 e. The summed E-state index contributed by atoms with van der Waals surface area (Å²) in [5.74, 6) is -0.429. The molecule has 0 aliphatic rings. The Morgan fingerprint density at radius 3 is 2.61 bits per heavy atom. The molecule has 0 unspecified atom stereocenters. The van der Waals surface area contributed by atoms with Gasteiger partial charge in [0.15, 0.2) is 11.2 Å². The fourth-order valence-electron chi connectivity index (χ4n) is 3.28. The highest BCUT2D eigenvalue weighted by Gasteiger charge is 2.15. The Labute approximate surface area is 159 Å². The Balaban J connectivity index is 1.57. The SMILES string of the molecule is Cn1c(=O)c2c(ncn2CCOC(=O)c2cccc3ccccc23)n(C)c1=O. The first-order valence-electron chi connectivity index (χ1n) is 8.75. The number of rotatable bonds is 4. The topological polar surface area (TPSA) is 88.1 Å². The summed E-state index contributed by atoms with van der Waals surface area (Å²) < 4.78 is 9.35. The molecule has 0 aliphatic carbocycles. The largest absolute Gasteiger partial charge is 0.460 e. The van der Waals surface area contributed by atoms with E-state index >= 15 is 0 Å². The molecule has 28 heavy (non-hydrogen) atoms. The average molecular weight is 378 g/mol. The zero-order valence-corrected chi connectivity index (χ0v) is 15.5. The van der Waals surface area contributed by atoms with Gasteiger partial charge in [-0.3, -0.25) is 13.9 Å². The molecule has 4 aromatic rings. The molecule has 4 rings (SSSR count). The van der Waals surface area contributed by atoms with Crippen molar-refractivity contribution in [3.8, 4) is 0 Å². The van der Waals surface area contributed by atoms with E-state index in [1.807, 2.05) is 36.4 Å². The van der Waals surface area contributed by atoms with Crippen LogP contribution in [0, 0.1) is 0 Å². The number of nitrogens with zero attached hydrogens (tertiary/aromatic N) is 4. The summed E-state index contributed by atoms with van der Waals surface area (Å²) in [6.45, 7) is 0.319. The van der Waals surface area contributed by atoms with Crippen LogP contribution >= 0.6 is 0 Å². The summed E-state index contributed by atoms with van der Waals surface area (Å²) in [5, 5.41) is 1.79. The van der Waals surface area contributed by atoms with Gasteiger partial charge >= 0.3 is 11.7 Å². The first-order chi connectivity index (χ1) is 13.5. The highest BCUT2D eigenvalue weighted by atomic mass is 16.5. The second kappa shape index (κ2) is 6.80.